The summed E-state index contributed by atoms with van der Waals surface area (Å²) in [6.07, 6.45) is 1.59. The summed E-state index contributed by atoms with van der Waals surface area (Å²) in [4.78, 5) is 25.8. The van der Waals surface area contributed by atoms with E-state index in [1.54, 1.807) is 24.1 Å². The van der Waals surface area contributed by atoms with Crippen LogP contribution in [0.5, 0.6) is 11.5 Å². The molecule has 1 aromatic carbocycles. The molecule has 6 heteroatoms. The summed E-state index contributed by atoms with van der Waals surface area (Å²) >= 11 is 0. The third-order valence-corrected chi connectivity index (χ3v) is 3.75. The fourth-order valence-corrected chi connectivity index (χ4v) is 2.59. The van der Waals surface area contributed by atoms with Crippen LogP contribution in [0.1, 0.15) is 23.2 Å². The number of rotatable bonds is 3. The molecule has 2 amide bonds. The maximum atomic E-state index is 12.5. The Kier molecular flexibility index (Phi) is 4.67. The molecule has 1 atom stereocenters. The summed E-state index contributed by atoms with van der Waals surface area (Å²) in [6, 6.07) is 4.57. The number of amides is 2. The second-order valence-electron chi connectivity index (χ2n) is 5.09. The molecule has 21 heavy (non-hydrogen) atoms. The zero-order valence-electron chi connectivity index (χ0n) is 12.3. The number of hydrogen-bond acceptors (Lipinski definition) is 4. The lowest BCUT2D eigenvalue weighted by Gasteiger charge is -2.32. The predicted molar refractivity (Wildman–Crippen MR) is 77.4 cm³/mol. The molecule has 1 aliphatic heterocycles. The van der Waals surface area contributed by atoms with Gasteiger partial charge in [0.25, 0.3) is 5.91 Å². The van der Waals surface area contributed by atoms with E-state index in [1.165, 1.54) is 13.2 Å². The first-order valence-corrected chi connectivity index (χ1v) is 6.94. The Morgan fingerprint density at radius 2 is 2.19 bits per heavy atom. The zero-order chi connectivity index (χ0) is 15.4. The minimum Gasteiger partial charge on any atom is -0.504 e. The molecule has 2 rings (SSSR count). The van der Waals surface area contributed by atoms with Crippen LogP contribution < -0.4 is 10.1 Å². The molecule has 1 aromatic rings. The molecule has 1 fully saturated rings. The summed E-state index contributed by atoms with van der Waals surface area (Å²) in [5.41, 5.74) is 0.394. The number of carbonyl (C=O) groups excluding carboxylic acids is 2. The molecule has 0 saturated carbocycles. The quantitative estimate of drug-likeness (QED) is 0.871. The van der Waals surface area contributed by atoms with Crippen LogP contribution in [-0.2, 0) is 4.79 Å². The number of hydrogen-bond donors (Lipinski definition) is 2. The average molecular weight is 292 g/mol. The number of nitrogens with zero attached hydrogens (tertiary/aromatic N) is 1. The highest BCUT2D eigenvalue weighted by molar-refractivity contribution is 5.95. The highest BCUT2D eigenvalue weighted by Gasteiger charge is 2.28. The summed E-state index contributed by atoms with van der Waals surface area (Å²) in [6.45, 7) is 1.03. The minimum atomic E-state index is -0.179. The number of methoxy groups -OCH3 is 1. The summed E-state index contributed by atoms with van der Waals surface area (Å²) in [5.74, 6) is -0.122. The van der Waals surface area contributed by atoms with E-state index in [-0.39, 0.29) is 23.5 Å². The van der Waals surface area contributed by atoms with Gasteiger partial charge >= 0.3 is 0 Å². The number of phenolic OH excluding ortho intramolecular Hbond substituents is 1. The zero-order valence-corrected chi connectivity index (χ0v) is 12.3. The molecule has 0 spiro atoms. The molecule has 1 saturated heterocycles. The third-order valence-electron chi connectivity index (χ3n) is 3.75. The molecule has 114 valence electrons. The average Bonchev–Trinajstić information content (AvgIpc) is 2.53. The number of nitrogens with one attached hydrogen (secondary N) is 1. The number of carbonyl (C=O) groups is 2. The molecule has 0 radical (unpaired) electrons. The lowest BCUT2D eigenvalue weighted by Crippen LogP contribution is -2.44. The second kappa shape index (κ2) is 6.47. The van der Waals surface area contributed by atoms with E-state index in [0.717, 1.165) is 12.8 Å². The normalized spacial score (nSPS) is 18.2. The van der Waals surface area contributed by atoms with Crippen LogP contribution in [0.4, 0.5) is 0 Å². The summed E-state index contributed by atoms with van der Waals surface area (Å²) in [5, 5.41) is 12.4. The maximum absolute atomic E-state index is 12.5. The lowest BCUT2D eigenvalue weighted by atomic mass is 9.96. The number of piperidine rings is 1. The minimum absolute atomic E-state index is 0.0370. The van der Waals surface area contributed by atoms with E-state index in [4.69, 9.17) is 4.74 Å². The van der Waals surface area contributed by atoms with Gasteiger partial charge in [-0.1, -0.05) is 0 Å². The van der Waals surface area contributed by atoms with Gasteiger partial charge in [0, 0.05) is 25.7 Å². The van der Waals surface area contributed by atoms with E-state index in [9.17, 15) is 14.7 Å². The molecule has 1 unspecified atom stereocenters. The molecule has 2 N–H and O–H groups in total. The van der Waals surface area contributed by atoms with Crippen LogP contribution in [0.15, 0.2) is 18.2 Å². The van der Waals surface area contributed by atoms with Crippen molar-refractivity contribution >= 4 is 11.8 Å². The van der Waals surface area contributed by atoms with Gasteiger partial charge in [0.05, 0.1) is 13.0 Å². The molecule has 1 heterocycles. The fraction of sp³-hybridized carbons (Fsp3) is 0.467. The van der Waals surface area contributed by atoms with Gasteiger partial charge in [-0.05, 0) is 31.0 Å². The van der Waals surface area contributed by atoms with Gasteiger partial charge < -0.3 is 20.1 Å². The van der Waals surface area contributed by atoms with Crippen molar-refractivity contribution in [2.45, 2.75) is 12.8 Å². The van der Waals surface area contributed by atoms with Crippen LogP contribution in [0.3, 0.4) is 0 Å². The lowest BCUT2D eigenvalue weighted by molar-refractivity contribution is -0.125. The van der Waals surface area contributed by atoms with Gasteiger partial charge in [0.2, 0.25) is 5.91 Å². The standard InChI is InChI=1S/C15H20N2O4/c1-16-14(19)11-4-3-7-17(9-11)15(20)10-5-6-13(21-2)12(18)8-10/h5-6,8,11,18H,3-4,7,9H2,1-2H3,(H,16,19). The van der Waals surface area contributed by atoms with Gasteiger partial charge in [-0.3, -0.25) is 9.59 Å². The second-order valence-corrected chi connectivity index (χ2v) is 5.09. The van der Waals surface area contributed by atoms with Crippen molar-refractivity contribution in [3.63, 3.8) is 0 Å². The highest BCUT2D eigenvalue weighted by atomic mass is 16.5. The van der Waals surface area contributed by atoms with Crippen molar-refractivity contribution in [2.24, 2.45) is 5.92 Å². The highest BCUT2D eigenvalue weighted by Crippen LogP contribution is 2.27. The number of phenols is 1. The number of aromatic hydroxyl groups is 1. The summed E-state index contributed by atoms with van der Waals surface area (Å²) in [7, 11) is 3.06. The maximum Gasteiger partial charge on any atom is 0.254 e. The van der Waals surface area contributed by atoms with Crippen LogP contribution in [-0.4, -0.2) is 49.1 Å². The Bertz CT molecular complexity index is 544. The van der Waals surface area contributed by atoms with Crippen LogP contribution >= 0.6 is 0 Å². The SMILES string of the molecule is CNC(=O)C1CCCN(C(=O)c2ccc(OC)c(O)c2)C1. The third kappa shape index (κ3) is 3.26. The van der Waals surface area contributed by atoms with Crippen LogP contribution in [0, 0.1) is 5.92 Å². The van der Waals surface area contributed by atoms with Crippen molar-refractivity contribution < 1.29 is 19.4 Å². The summed E-state index contributed by atoms with van der Waals surface area (Å²) < 4.78 is 4.96. The molecule has 0 aromatic heterocycles. The predicted octanol–water partition coefficient (Wildman–Crippen LogP) is 0.999. The van der Waals surface area contributed by atoms with Crippen molar-refractivity contribution in [1.29, 1.82) is 0 Å². The van der Waals surface area contributed by atoms with Gasteiger partial charge in [0.1, 0.15) is 0 Å². The van der Waals surface area contributed by atoms with E-state index >= 15 is 0 Å². The van der Waals surface area contributed by atoms with Crippen molar-refractivity contribution in [1.82, 2.24) is 10.2 Å². The smallest absolute Gasteiger partial charge is 0.254 e. The van der Waals surface area contributed by atoms with E-state index in [0.29, 0.717) is 24.4 Å². The van der Waals surface area contributed by atoms with Crippen molar-refractivity contribution in [3.8, 4) is 11.5 Å². The molecule has 0 aliphatic carbocycles. The first-order chi connectivity index (χ1) is 10.1. The van der Waals surface area contributed by atoms with Crippen molar-refractivity contribution in [2.75, 3.05) is 27.2 Å². The molecular weight excluding hydrogens is 272 g/mol. The number of ether oxygens (including phenoxy) is 1. The van der Waals surface area contributed by atoms with Gasteiger partial charge in [0.15, 0.2) is 11.5 Å². The Labute approximate surface area is 123 Å². The molecular formula is C15H20N2O4. The van der Waals surface area contributed by atoms with Gasteiger partial charge in [-0.15, -0.1) is 0 Å². The fourth-order valence-electron chi connectivity index (χ4n) is 2.59. The first-order valence-electron chi connectivity index (χ1n) is 6.94. The Hall–Kier alpha value is -2.24. The van der Waals surface area contributed by atoms with Crippen LogP contribution in [0.2, 0.25) is 0 Å². The first kappa shape index (κ1) is 15.2. The molecule has 1 aliphatic rings. The van der Waals surface area contributed by atoms with Gasteiger partial charge in [-0.25, -0.2) is 0 Å². The Morgan fingerprint density at radius 3 is 2.81 bits per heavy atom. The Morgan fingerprint density at radius 1 is 1.43 bits per heavy atom. The Balaban J connectivity index is 2.12. The van der Waals surface area contributed by atoms with E-state index in [2.05, 4.69) is 5.32 Å². The largest absolute Gasteiger partial charge is 0.504 e. The molecule has 6 nitrogen and oxygen atoms in total. The topological polar surface area (TPSA) is 78.9 Å². The molecule has 0 bridgehead atoms. The van der Waals surface area contributed by atoms with Crippen LogP contribution in [0.25, 0.3) is 0 Å². The number of likely N-dealkylation sites (tertiary alicyclic amines) is 1. The van der Waals surface area contributed by atoms with E-state index in [1.807, 2.05) is 0 Å². The monoisotopic (exact) mass is 292 g/mol. The van der Waals surface area contributed by atoms with E-state index < -0.39 is 0 Å². The van der Waals surface area contributed by atoms with Crippen molar-refractivity contribution in [3.05, 3.63) is 23.8 Å². The van der Waals surface area contributed by atoms with Gasteiger partial charge in [-0.2, -0.15) is 0 Å². The number of benzene rings is 1.